The first-order valence-corrected chi connectivity index (χ1v) is 10.8. The minimum Gasteiger partial charge on any atom is -0.398 e. The zero-order chi connectivity index (χ0) is 21.6. The molecule has 1 saturated heterocycles. The van der Waals surface area contributed by atoms with Crippen LogP contribution in [0.4, 0.5) is 11.4 Å². The first-order valence-electron chi connectivity index (χ1n) is 10.8. The SMILES string of the molecule is N=C(CN(N)Cc1ccccc1)c1ccnc(-c2cc(N3CCCCC3)ccc2N)c1. The lowest BCUT2D eigenvalue weighted by molar-refractivity contribution is 0.315. The predicted molar refractivity (Wildman–Crippen MR) is 128 cm³/mol. The fourth-order valence-corrected chi connectivity index (χ4v) is 4.05. The molecule has 6 heteroatoms. The van der Waals surface area contributed by atoms with Crippen molar-refractivity contribution in [3.05, 3.63) is 78.0 Å². The Bertz CT molecular complexity index is 1030. The van der Waals surface area contributed by atoms with E-state index in [1.165, 1.54) is 24.9 Å². The van der Waals surface area contributed by atoms with Gasteiger partial charge in [-0.25, -0.2) is 5.01 Å². The molecule has 1 aliphatic rings. The summed E-state index contributed by atoms with van der Waals surface area (Å²) in [5.74, 6) is 6.17. The van der Waals surface area contributed by atoms with Gasteiger partial charge in [-0.1, -0.05) is 30.3 Å². The number of benzene rings is 2. The standard InChI is InChI=1S/C25H30N6/c26-23-10-9-21(30-13-5-2-6-14-30)16-22(23)25-15-20(11-12-29-25)24(27)18-31(28)17-19-7-3-1-4-8-19/h1,3-4,7-12,15-16,27H,2,5-6,13-14,17-18,26,28H2. The molecule has 6 nitrogen and oxygen atoms in total. The smallest absolute Gasteiger partial charge is 0.0730 e. The van der Waals surface area contributed by atoms with Crippen molar-refractivity contribution in [1.82, 2.24) is 9.99 Å². The van der Waals surface area contributed by atoms with Gasteiger partial charge in [0.15, 0.2) is 0 Å². The number of nitrogens with zero attached hydrogens (tertiary/aromatic N) is 3. The fraction of sp³-hybridized carbons (Fsp3) is 0.280. The van der Waals surface area contributed by atoms with Crippen molar-refractivity contribution in [3.8, 4) is 11.3 Å². The van der Waals surface area contributed by atoms with Gasteiger partial charge in [-0.05, 0) is 55.2 Å². The van der Waals surface area contributed by atoms with Gasteiger partial charge in [0.2, 0.25) is 0 Å². The van der Waals surface area contributed by atoms with Gasteiger partial charge in [0.25, 0.3) is 0 Å². The third-order valence-electron chi connectivity index (χ3n) is 5.73. The molecule has 1 aliphatic heterocycles. The second-order valence-electron chi connectivity index (χ2n) is 8.12. The summed E-state index contributed by atoms with van der Waals surface area (Å²) in [5.41, 5.74) is 12.2. The van der Waals surface area contributed by atoms with E-state index in [1.54, 1.807) is 11.2 Å². The van der Waals surface area contributed by atoms with E-state index in [-0.39, 0.29) is 0 Å². The third kappa shape index (κ3) is 5.29. The quantitative estimate of drug-likeness (QED) is 0.234. The summed E-state index contributed by atoms with van der Waals surface area (Å²) in [5, 5.41) is 10.2. The number of nitrogens with one attached hydrogen (secondary N) is 1. The topological polar surface area (TPSA) is 95.3 Å². The van der Waals surface area contributed by atoms with E-state index >= 15 is 0 Å². The number of aromatic nitrogens is 1. The predicted octanol–water partition coefficient (Wildman–Crippen LogP) is 4.06. The van der Waals surface area contributed by atoms with Crippen LogP contribution in [0.15, 0.2) is 66.9 Å². The maximum Gasteiger partial charge on any atom is 0.0730 e. The molecule has 31 heavy (non-hydrogen) atoms. The van der Waals surface area contributed by atoms with Crippen molar-refractivity contribution in [3.63, 3.8) is 0 Å². The maximum atomic E-state index is 8.55. The van der Waals surface area contributed by atoms with E-state index in [2.05, 4.69) is 22.0 Å². The number of rotatable bonds is 7. The van der Waals surface area contributed by atoms with Crippen LogP contribution in [0.1, 0.15) is 30.4 Å². The number of hydrogen-bond acceptors (Lipinski definition) is 6. The molecule has 5 N–H and O–H groups in total. The second kappa shape index (κ2) is 9.73. The summed E-state index contributed by atoms with van der Waals surface area (Å²) in [6, 6.07) is 20.0. The van der Waals surface area contributed by atoms with Crippen LogP contribution in [0.3, 0.4) is 0 Å². The monoisotopic (exact) mass is 414 g/mol. The van der Waals surface area contributed by atoms with Crippen molar-refractivity contribution in [2.45, 2.75) is 25.8 Å². The zero-order valence-corrected chi connectivity index (χ0v) is 17.8. The van der Waals surface area contributed by atoms with Crippen LogP contribution in [0, 0.1) is 5.41 Å². The van der Waals surface area contributed by atoms with Gasteiger partial charge < -0.3 is 16.0 Å². The molecule has 0 amide bonds. The Labute approximate surface area is 184 Å². The highest BCUT2D eigenvalue weighted by Crippen LogP contribution is 2.31. The molecule has 2 aromatic carbocycles. The molecule has 0 saturated carbocycles. The van der Waals surface area contributed by atoms with E-state index in [0.29, 0.717) is 24.5 Å². The molecule has 0 unspecified atom stereocenters. The lowest BCUT2D eigenvalue weighted by Gasteiger charge is -2.29. The Balaban J connectivity index is 1.50. The third-order valence-corrected chi connectivity index (χ3v) is 5.73. The van der Waals surface area contributed by atoms with E-state index in [0.717, 1.165) is 35.5 Å². The van der Waals surface area contributed by atoms with Gasteiger partial charge in [0.05, 0.1) is 18.0 Å². The van der Waals surface area contributed by atoms with Crippen molar-refractivity contribution in [2.24, 2.45) is 5.84 Å². The summed E-state index contributed by atoms with van der Waals surface area (Å²) in [4.78, 5) is 6.96. The van der Waals surface area contributed by atoms with Gasteiger partial charge in [0.1, 0.15) is 0 Å². The van der Waals surface area contributed by atoms with Crippen molar-refractivity contribution >= 4 is 17.1 Å². The molecular formula is C25H30N6. The largest absolute Gasteiger partial charge is 0.398 e. The number of hydrogen-bond donors (Lipinski definition) is 3. The second-order valence-corrected chi connectivity index (χ2v) is 8.12. The van der Waals surface area contributed by atoms with Crippen LogP contribution < -0.4 is 16.5 Å². The van der Waals surface area contributed by atoms with Crippen molar-refractivity contribution in [1.29, 1.82) is 5.41 Å². The fourth-order valence-electron chi connectivity index (χ4n) is 4.05. The summed E-state index contributed by atoms with van der Waals surface area (Å²) in [6.07, 6.45) is 5.49. The summed E-state index contributed by atoms with van der Waals surface area (Å²) in [6.45, 7) is 3.10. The number of nitrogens with two attached hydrogens (primary N) is 2. The first-order chi connectivity index (χ1) is 15.1. The van der Waals surface area contributed by atoms with Gasteiger partial charge in [-0.15, -0.1) is 0 Å². The van der Waals surface area contributed by atoms with Gasteiger partial charge in [0, 0.05) is 48.3 Å². The molecule has 0 bridgehead atoms. The molecule has 4 rings (SSSR count). The highest BCUT2D eigenvalue weighted by atomic mass is 15.4. The van der Waals surface area contributed by atoms with E-state index in [4.69, 9.17) is 17.0 Å². The van der Waals surface area contributed by atoms with Gasteiger partial charge >= 0.3 is 0 Å². The molecule has 3 aromatic rings. The van der Waals surface area contributed by atoms with Crippen LogP contribution >= 0.6 is 0 Å². The summed E-state index contributed by atoms with van der Waals surface area (Å²) >= 11 is 0. The van der Waals surface area contributed by atoms with Crippen LogP contribution in [-0.2, 0) is 6.54 Å². The highest BCUT2D eigenvalue weighted by Gasteiger charge is 2.15. The lowest BCUT2D eigenvalue weighted by Crippen LogP contribution is -2.35. The Morgan fingerprint density at radius 1 is 1.00 bits per heavy atom. The molecule has 0 spiro atoms. The van der Waals surface area contributed by atoms with Crippen LogP contribution in [0.5, 0.6) is 0 Å². The molecule has 0 radical (unpaired) electrons. The molecule has 2 heterocycles. The summed E-state index contributed by atoms with van der Waals surface area (Å²) < 4.78 is 0. The van der Waals surface area contributed by atoms with Gasteiger partial charge in [-0.3, -0.25) is 10.8 Å². The molecule has 160 valence electrons. The Morgan fingerprint density at radius 3 is 2.55 bits per heavy atom. The number of pyridine rings is 1. The average Bonchev–Trinajstić information content (AvgIpc) is 2.80. The van der Waals surface area contributed by atoms with E-state index < -0.39 is 0 Å². The van der Waals surface area contributed by atoms with Crippen LogP contribution in [-0.4, -0.2) is 35.3 Å². The van der Waals surface area contributed by atoms with Crippen molar-refractivity contribution in [2.75, 3.05) is 30.3 Å². The molecule has 1 aromatic heterocycles. The van der Waals surface area contributed by atoms with Crippen molar-refractivity contribution < 1.29 is 0 Å². The average molecular weight is 415 g/mol. The molecule has 0 aliphatic carbocycles. The van der Waals surface area contributed by atoms with E-state index in [9.17, 15) is 0 Å². The lowest BCUT2D eigenvalue weighted by atomic mass is 10.0. The molecular weight excluding hydrogens is 384 g/mol. The maximum absolute atomic E-state index is 8.55. The van der Waals surface area contributed by atoms with E-state index in [1.807, 2.05) is 48.5 Å². The van der Waals surface area contributed by atoms with Crippen LogP contribution in [0.25, 0.3) is 11.3 Å². The minimum absolute atomic E-state index is 0.349. The Morgan fingerprint density at radius 2 is 1.77 bits per heavy atom. The minimum atomic E-state index is 0.349. The number of nitrogen functional groups attached to an aromatic ring is 1. The first kappa shape index (κ1) is 21.0. The number of piperidine rings is 1. The zero-order valence-electron chi connectivity index (χ0n) is 17.8. The van der Waals surface area contributed by atoms with Crippen LogP contribution in [0.2, 0.25) is 0 Å². The molecule has 1 fully saturated rings. The Kier molecular flexibility index (Phi) is 6.60. The van der Waals surface area contributed by atoms with Gasteiger partial charge in [-0.2, -0.15) is 0 Å². The normalized spacial score (nSPS) is 14.1. The highest BCUT2D eigenvalue weighted by molar-refractivity contribution is 6.00. The number of hydrazine groups is 1. The molecule has 0 atom stereocenters. The Hall–Kier alpha value is -3.22. The summed E-state index contributed by atoms with van der Waals surface area (Å²) in [7, 11) is 0. The number of anilines is 2.